The zero-order valence-corrected chi connectivity index (χ0v) is 78.9. The number of aldehydes is 1. The third-order valence-corrected chi connectivity index (χ3v) is 25.9. The molecule has 2 unspecified atom stereocenters. The van der Waals surface area contributed by atoms with Gasteiger partial charge in [-0.15, -0.1) is 11.8 Å². The minimum Gasteiger partial charge on any atom is -0.508 e. The highest BCUT2D eigenvalue weighted by molar-refractivity contribution is 8.00. The number of phenolic OH excluding ortho intramolecular Hbond substituents is 1. The average molecular weight is 1930 g/mol. The van der Waals surface area contributed by atoms with E-state index < -0.39 is 241 Å². The first-order valence-corrected chi connectivity index (χ1v) is 47.5. The van der Waals surface area contributed by atoms with Gasteiger partial charge in [0, 0.05) is 118 Å². The Labute approximate surface area is 793 Å². The zero-order chi connectivity index (χ0) is 99.4. The van der Waals surface area contributed by atoms with Crippen LogP contribution in [0.15, 0.2) is 97.7 Å². The van der Waals surface area contributed by atoms with E-state index in [1.54, 1.807) is 81.0 Å². The third kappa shape index (κ3) is 28.9. The van der Waals surface area contributed by atoms with Crippen LogP contribution in [0.5, 0.6) is 5.75 Å². The number of guanidine groups is 1. The summed E-state index contributed by atoms with van der Waals surface area (Å²) in [4.78, 5) is 270. The molecule has 0 saturated carbocycles. The second kappa shape index (κ2) is 50.4. The van der Waals surface area contributed by atoms with Crippen LogP contribution in [-0.2, 0) is 107 Å². The lowest BCUT2D eigenvalue weighted by molar-refractivity contribution is -0.149. The maximum atomic E-state index is 15.8. The van der Waals surface area contributed by atoms with Crippen LogP contribution < -0.4 is 75.7 Å². The average Bonchev–Trinajstić information content (AvgIpc) is 1.61. The molecule has 9 rings (SSSR count). The van der Waals surface area contributed by atoms with Crippen molar-refractivity contribution in [3.63, 3.8) is 0 Å². The molecule has 44 nitrogen and oxygen atoms in total. The van der Waals surface area contributed by atoms with Crippen molar-refractivity contribution in [2.75, 3.05) is 77.4 Å². The molecule has 738 valence electrons. The number of nitrogens with two attached hydrogens (primary N) is 3. The van der Waals surface area contributed by atoms with Crippen molar-refractivity contribution in [2.45, 2.75) is 214 Å². The number of aliphatic hydroxyl groups excluding tert-OH is 2. The number of thioether (sulfide) groups is 2. The standard InChI is InChI=1S/C90H126N24O20S2/c1-9-10-22-72-88(134)111(6)70(28-31-135-8)82(128)102-61(21-15-29-96-89(93)94)78(124)108-69(77(123)99-42-74(92)120)45-136-46-75(121)101-65(33-51-24-26-55(117)27-25-51)84(130)110(5)50(4)76(122)104-67(37-73(91)119)86(132)113-30-16-23-71(113)83(129)103-62(36-54-41-95-48-100-54)79(125)105-64(32-49(2)3)87(133)114-43-56(118)38-90(114,47-116)109-63(34-52-39-97-59-19-13-11-17-57(52)59)80(126)107-68(44-115)81(127)106-66(85(131)112(72)7)35-53-40-98-60-20-14-12-18-58(53)60/h11-14,17-20,24-27,39-41,47-50,56,61-72,97-98,109,115,117-118H,9-10,15-16,21-23,28-38,42-46H2,1-8H3,(H2,91,119)(H2,92,120)(H,95,100)(H,99,123)(H,101,121)(H,102,128)(H,103,129)(H,104,122)(H,105,125)(H,106,127)(H,107,126)(H,108,124)(H4,93,94,96)/t50-,56+,61-,62-,63-,64-,65-,66-,67-,68-,69?,70-,71-,72-,90?/m0/s1. The van der Waals surface area contributed by atoms with E-state index in [1.807, 2.05) is 6.92 Å². The number of hydrogen-bond acceptors (Lipinski definition) is 25. The third-order valence-electron chi connectivity index (χ3n) is 24.2. The molecule has 3 aromatic carbocycles. The van der Waals surface area contributed by atoms with Crippen molar-refractivity contribution in [3.05, 3.63) is 120 Å². The van der Waals surface area contributed by atoms with Crippen molar-refractivity contribution in [1.82, 2.24) is 103 Å². The fraction of sp³-hybridized carbons (Fsp3) is 0.522. The molecule has 3 aliphatic rings. The van der Waals surface area contributed by atoms with Crippen LogP contribution in [0.3, 0.4) is 0 Å². The predicted molar refractivity (Wildman–Crippen MR) is 503 cm³/mol. The molecule has 136 heavy (non-hydrogen) atoms. The molecule has 6 heterocycles. The van der Waals surface area contributed by atoms with Crippen molar-refractivity contribution < 1.29 is 96.8 Å². The topological polar surface area (TPSA) is 662 Å². The Bertz CT molecular complexity index is 5250. The van der Waals surface area contributed by atoms with Gasteiger partial charge in [-0.05, 0) is 117 Å². The number of phenols is 1. The maximum absolute atomic E-state index is 15.8. The number of hydrogen-bond donors (Lipinski definition) is 21. The van der Waals surface area contributed by atoms with E-state index in [2.05, 4.69) is 78.4 Å². The molecule has 3 aromatic heterocycles. The van der Waals surface area contributed by atoms with Gasteiger partial charge in [0.15, 0.2) is 17.9 Å². The number of fused-ring (bicyclic) bond motifs is 4. The van der Waals surface area contributed by atoms with Crippen molar-refractivity contribution in [2.24, 2.45) is 23.1 Å². The summed E-state index contributed by atoms with van der Waals surface area (Å²) in [5.41, 5.74) is 17.4. The Morgan fingerprint density at radius 1 is 0.632 bits per heavy atom. The Balaban J connectivity index is 1.12. The van der Waals surface area contributed by atoms with Crippen molar-refractivity contribution >= 4 is 152 Å². The fourth-order valence-electron chi connectivity index (χ4n) is 16.8. The van der Waals surface area contributed by atoms with Gasteiger partial charge in [0.2, 0.25) is 94.5 Å². The molecule has 16 amide bonds. The van der Waals surface area contributed by atoms with Gasteiger partial charge in [-0.25, -0.2) is 4.98 Å². The van der Waals surface area contributed by atoms with Gasteiger partial charge in [0.05, 0.1) is 43.8 Å². The first-order valence-electron chi connectivity index (χ1n) is 45.0. The summed E-state index contributed by atoms with van der Waals surface area (Å²) in [6.07, 6.45) is 4.34. The quantitative estimate of drug-likeness (QED) is 0.0104. The molecule has 0 spiro atoms. The molecular formula is C90H126N24O20S2. The summed E-state index contributed by atoms with van der Waals surface area (Å²) in [5, 5.41) is 71.8. The second-order valence-electron chi connectivity index (χ2n) is 34.7. The van der Waals surface area contributed by atoms with Crippen LogP contribution >= 0.6 is 23.5 Å². The number of amides is 16. The molecular weight excluding hydrogens is 1800 g/mol. The number of aliphatic hydroxyl groups is 2. The van der Waals surface area contributed by atoms with Crippen LogP contribution in [0.25, 0.3) is 21.8 Å². The van der Waals surface area contributed by atoms with Gasteiger partial charge in [-0.2, -0.15) is 11.8 Å². The van der Waals surface area contributed by atoms with Gasteiger partial charge >= 0.3 is 0 Å². The lowest BCUT2D eigenvalue weighted by Crippen LogP contribution is -2.67. The Kier molecular flexibility index (Phi) is 39.4. The lowest BCUT2D eigenvalue weighted by atomic mass is 9.98. The van der Waals surface area contributed by atoms with E-state index in [4.69, 9.17) is 22.6 Å². The molecule has 0 aliphatic carbocycles. The summed E-state index contributed by atoms with van der Waals surface area (Å²) in [5.74, 6) is -17.2. The summed E-state index contributed by atoms with van der Waals surface area (Å²) in [6, 6.07) is -1.06. The Morgan fingerprint density at radius 3 is 1.83 bits per heavy atom. The molecule has 0 bridgehead atoms. The van der Waals surface area contributed by atoms with Gasteiger partial charge in [0.25, 0.3) is 0 Å². The van der Waals surface area contributed by atoms with Gasteiger partial charge in [-0.1, -0.05) is 82.1 Å². The molecule has 0 radical (unpaired) electrons. The van der Waals surface area contributed by atoms with Crippen molar-refractivity contribution in [3.8, 4) is 5.75 Å². The maximum Gasteiger partial charge on any atom is 0.247 e. The van der Waals surface area contributed by atoms with Crippen molar-refractivity contribution in [1.29, 1.82) is 5.41 Å². The highest BCUT2D eigenvalue weighted by atomic mass is 32.2. The van der Waals surface area contributed by atoms with E-state index in [0.717, 1.165) is 36.3 Å². The monoisotopic (exact) mass is 1930 g/mol. The number of rotatable bonds is 27. The number of aromatic nitrogens is 4. The summed E-state index contributed by atoms with van der Waals surface area (Å²) in [7, 11) is 3.88. The first-order chi connectivity index (χ1) is 64.8. The van der Waals surface area contributed by atoms with E-state index in [9.17, 15) is 63.3 Å². The minimum atomic E-state index is -2.32. The number of imidazole rings is 1. The van der Waals surface area contributed by atoms with Gasteiger partial charge < -0.3 is 125 Å². The predicted octanol–water partition coefficient (Wildman–Crippen LogP) is -3.37. The number of benzene rings is 3. The molecule has 24 N–H and O–H groups in total. The molecule has 3 aliphatic heterocycles. The lowest BCUT2D eigenvalue weighted by Gasteiger charge is -2.39. The fourth-order valence-corrected chi connectivity index (χ4v) is 18.1. The largest absolute Gasteiger partial charge is 0.508 e. The first kappa shape index (κ1) is 106. The van der Waals surface area contributed by atoms with E-state index >= 15 is 33.6 Å². The number of unbranched alkanes of at least 4 members (excludes halogenated alkanes) is 1. The summed E-state index contributed by atoms with van der Waals surface area (Å²) < 4.78 is 0. The number of nitrogens with one attached hydrogen (secondary N) is 15. The number of H-pyrrole nitrogens is 3. The number of likely N-dealkylation sites (N-methyl/N-ethyl adjacent to an activating group) is 3. The number of nitrogens with zero attached hydrogens (tertiary/aromatic N) is 6. The molecule has 3 saturated heterocycles. The molecule has 6 aromatic rings. The van der Waals surface area contributed by atoms with Crippen LogP contribution in [0.4, 0.5) is 0 Å². The van der Waals surface area contributed by atoms with Gasteiger partial charge in [-0.3, -0.25) is 92.2 Å². The number of aromatic hydroxyl groups is 1. The van der Waals surface area contributed by atoms with E-state index in [1.165, 1.54) is 76.6 Å². The van der Waals surface area contributed by atoms with Crippen LogP contribution in [0.1, 0.15) is 121 Å². The number of para-hydroxylation sites is 2. The minimum absolute atomic E-state index is 0.0201. The smallest absolute Gasteiger partial charge is 0.247 e. The van der Waals surface area contributed by atoms with Crippen LogP contribution in [0.2, 0.25) is 0 Å². The highest BCUT2D eigenvalue weighted by Gasteiger charge is 2.53. The molecule has 3 fully saturated rings. The number of carbonyl (C=O) groups excluding carboxylic acids is 17. The van der Waals surface area contributed by atoms with Crippen LogP contribution in [-0.4, -0.2) is 334 Å². The number of primary amides is 2. The SMILES string of the molecule is CCCC[C@H]1C(=O)N(C)[C@@H](CCSC)C(=O)N[C@@H](CCCNC(=N)N)C(=O)NC(C(=O)NCC(N)=O)CSCC(=O)N[C@@H](Cc2ccc(O)cc2)C(=O)N(C)[C@@H](C)C(=O)N[C@@H](CC(N)=O)C(=O)N2CCC[C@H]2C(=O)N[C@@H](Cc2cnc[nH]2)C(=O)N[C@@H](CC(C)C)C(=O)N2C[C@H](O)CC2(C=O)N[C@@H](Cc2c[nH]c3ccccc23)C(=O)N[C@@H](CO)C(=O)N[C@@H](Cc2c[nH]c3ccccc23)C(=O)N1C. The van der Waals surface area contributed by atoms with Gasteiger partial charge in [0.1, 0.15) is 78.3 Å². The van der Waals surface area contributed by atoms with E-state index in [-0.39, 0.29) is 95.2 Å². The highest BCUT2D eigenvalue weighted by Crippen LogP contribution is 2.32. The number of carbonyl (C=O) groups is 17. The second-order valence-corrected chi connectivity index (χ2v) is 36.7. The summed E-state index contributed by atoms with van der Waals surface area (Å²) in [6.45, 7) is 3.98. The normalized spacial score (nSPS) is 25.1. The summed E-state index contributed by atoms with van der Waals surface area (Å²) >= 11 is 2.07. The van der Waals surface area contributed by atoms with Crippen LogP contribution in [0, 0.1) is 11.3 Å². The Morgan fingerprint density at radius 2 is 1.22 bits per heavy atom. The molecule has 46 heteroatoms. The van der Waals surface area contributed by atoms with E-state index in [0.29, 0.717) is 63.3 Å². The Hall–Kier alpha value is -13.2. The molecule has 15 atom stereocenters. The number of aromatic amines is 3. The zero-order valence-electron chi connectivity index (χ0n) is 77.3.